The number of nitrogens with zero attached hydrogens (tertiary/aromatic N) is 1. The average molecular weight is 754 g/mol. The van der Waals surface area contributed by atoms with Crippen LogP contribution >= 0.6 is 0 Å². The number of hydrogen-bond donors (Lipinski definition) is 0. The first-order valence-corrected chi connectivity index (χ1v) is 21.9. The molecule has 4 bridgehead atoms. The predicted molar refractivity (Wildman–Crippen MR) is 246 cm³/mol. The first kappa shape index (κ1) is 35.7. The fourth-order valence-electron chi connectivity index (χ4n) is 12.6. The van der Waals surface area contributed by atoms with Crippen molar-refractivity contribution in [2.75, 3.05) is 4.90 Å². The third-order valence-electron chi connectivity index (χ3n) is 14.9. The van der Waals surface area contributed by atoms with E-state index in [9.17, 15) is 0 Å². The van der Waals surface area contributed by atoms with Gasteiger partial charge >= 0.3 is 0 Å². The van der Waals surface area contributed by atoms with Crippen LogP contribution in [0.25, 0.3) is 44.2 Å². The highest BCUT2D eigenvalue weighted by molar-refractivity contribution is 6.00. The lowest BCUT2D eigenvalue weighted by atomic mass is 9.48. The van der Waals surface area contributed by atoms with Gasteiger partial charge in [-0.25, -0.2) is 0 Å². The van der Waals surface area contributed by atoms with Crippen LogP contribution in [0, 0.1) is 17.8 Å². The first-order valence-electron chi connectivity index (χ1n) is 21.9. The molecular weight excluding hydrogens is 699 g/mol. The van der Waals surface area contributed by atoms with Crippen molar-refractivity contribution >= 4 is 27.8 Å². The Bertz CT molecular complexity index is 2670. The zero-order valence-corrected chi connectivity index (χ0v) is 34.9. The minimum atomic E-state index is -0.162. The Morgan fingerprint density at radius 2 is 1.10 bits per heavy atom. The summed E-state index contributed by atoms with van der Waals surface area (Å²) in [6, 6.07) is 58.1. The Balaban J connectivity index is 1.13. The fourth-order valence-corrected chi connectivity index (χ4v) is 12.6. The molecule has 0 heterocycles. The zero-order chi connectivity index (χ0) is 39.4. The van der Waals surface area contributed by atoms with Crippen LogP contribution in [0.4, 0.5) is 17.1 Å². The summed E-state index contributed by atoms with van der Waals surface area (Å²) in [5.74, 6) is 2.77. The summed E-state index contributed by atoms with van der Waals surface area (Å²) in [6.45, 7) is 11.9. The molecule has 0 aliphatic heterocycles. The molecule has 0 saturated heterocycles. The maximum Gasteiger partial charge on any atom is 0.0546 e. The van der Waals surface area contributed by atoms with Gasteiger partial charge in [0.2, 0.25) is 0 Å². The summed E-state index contributed by atoms with van der Waals surface area (Å²) in [6.07, 6.45) is 8.55. The van der Waals surface area contributed by atoms with E-state index in [2.05, 4.69) is 191 Å². The SMILES string of the molecule is CC(C)(C)c1ccccc1-c1cc2ccccc2cc1N(c1ccc(C23CC4CC(CC(C4)C2)C3)cc1)c1ccc2c(c1)C(C)(C)c1cccc(-c3ccccc3)c1-2. The van der Waals surface area contributed by atoms with Crippen molar-refractivity contribution in [3.05, 3.63) is 174 Å². The third kappa shape index (κ3) is 5.64. The van der Waals surface area contributed by atoms with Crippen LogP contribution in [0.15, 0.2) is 152 Å². The summed E-state index contributed by atoms with van der Waals surface area (Å²) >= 11 is 0. The second-order valence-corrected chi connectivity index (χ2v) is 20.0. The van der Waals surface area contributed by atoms with Crippen molar-refractivity contribution in [2.45, 2.75) is 89.4 Å². The van der Waals surface area contributed by atoms with Crippen molar-refractivity contribution in [1.29, 1.82) is 0 Å². The van der Waals surface area contributed by atoms with Crippen molar-refractivity contribution < 1.29 is 0 Å². The Morgan fingerprint density at radius 1 is 0.500 bits per heavy atom. The van der Waals surface area contributed by atoms with Crippen molar-refractivity contribution in [3.63, 3.8) is 0 Å². The second-order valence-electron chi connectivity index (χ2n) is 20.0. The standard InChI is InChI=1S/C57H55N/c1-55(2,3)50-20-12-11-18-47(50)49-31-41-16-9-10-17-42(41)32-53(49)58(44-24-22-43(23-25-44)57-34-37-28-38(35-57)30-39(29-37)36-57)45-26-27-48-52(33-45)56(4,5)51-21-13-19-46(54(48)51)40-14-7-6-8-15-40/h6-27,31-33,37-39H,28-30,34-36H2,1-5H3. The molecule has 7 aromatic carbocycles. The molecule has 0 amide bonds. The summed E-state index contributed by atoms with van der Waals surface area (Å²) in [5.41, 5.74) is 17.4. The maximum absolute atomic E-state index is 2.59. The highest BCUT2D eigenvalue weighted by Gasteiger charge is 2.51. The lowest BCUT2D eigenvalue weighted by Crippen LogP contribution is -2.48. The van der Waals surface area contributed by atoms with Gasteiger partial charge in [0.25, 0.3) is 0 Å². The van der Waals surface area contributed by atoms with Gasteiger partial charge in [0.05, 0.1) is 5.69 Å². The molecule has 5 aliphatic rings. The molecule has 0 unspecified atom stereocenters. The molecule has 0 aromatic heterocycles. The van der Waals surface area contributed by atoms with Gasteiger partial charge in [0.1, 0.15) is 0 Å². The lowest BCUT2D eigenvalue weighted by Gasteiger charge is -2.57. The Labute approximate surface area is 345 Å². The highest BCUT2D eigenvalue weighted by atomic mass is 15.1. The Morgan fingerprint density at radius 3 is 1.79 bits per heavy atom. The third-order valence-corrected chi connectivity index (χ3v) is 14.9. The summed E-state index contributed by atoms with van der Waals surface area (Å²) in [4.78, 5) is 2.59. The Hall–Kier alpha value is -5.40. The first-order chi connectivity index (χ1) is 28.1. The topological polar surface area (TPSA) is 3.24 Å². The van der Waals surface area contributed by atoms with E-state index in [1.165, 1.54) is 116 Å². The molecule has 4 fully saturated rings. The lowest BCUT2D eigenvalue weighted by molar-refractivity contribution is -0.00518. The van der Waals surface area contributed by atoms with Crippen LogP contribution < -0.4 is 4.90 Å². The largest absolute Gasteiger partial charge is 0.310 e. The van der Waals surface area contributed by atoms with E-state index in [1.54, 1.807) is 5.56 Å². The second kappa shape index (κ2) is 13.1. The van der Waals surface area contributed by atoms with E-state index in [1.807, 2.05) is 0 Å². The van der Waals surface area contributed by atoms with Crippen LogP contribution in [0.2, 0.25) is 0 Å². The minimum absolute atomic E-state index is 0.0241. The van der Waals surface area contributed by atoms with E-state index in [0.29, 0.717) is 5.41 Å². The van der Waals surface area contributed by atoms with E-state index in [-0.39, 0.29) is 10.8 Å². The smallest absolute Gasteiger partial charge is 0.0546 e. The van der Waals surface area contributed by atoms with Crippen LogP contribution in [-0.4, -0.2) is 0 Å². The van der Waals surface area contributed by atoms with Gasteiger partial charge < -0.3 is 4.90 Å². The van der Waals surface area contributed by atoms with E-state index in [4.69, 9.17) is 0 Å². The monoisotopic (exact) mass is 753 g/mol. The van der Waals surface area contributed by atoms with Crippen molar-refractivity contribution in [3.8, 4) is 33.4 Å². The summed E-state index contributed by atoms with van der Waals surface area (Å²) < 4.78 is 0. The van der Waals surface area contributed by atoms with E-state index in [0.717, 1.165) is 17.8 Å². The van der Waals surface area contributed by atoms with Crippen molar-refractivity contribution in [1.82, 2.24) is 0 Å². The van der Waals surface area contributed by atoms with Gasteiger partial charge in [-0.05, 0) is 164 Å². The zero-order valence-electron chi connectivity index (χ0n) is 34.9. The van der Waals surface area contributed by atoms with Crippen molar-refractivity contribution in [2.24, 2.45) is 17.8 Å². The van der Waals surface area contributed by atoms with Crippen LogP contribution in [-0.2, 0) is 16.2 Å². The average Bonchev–Trinajstić information content (AvgIpc) is 3.46. The van der Waals surface area contributed by atoms with Crippen LogP contribution in [0.5, 0.6) is 0 Å². The normalized spacial score (nSPS) is 22.5. The molecule has 0 spiro atoms. The van der Waals surface area contributed by atoms with Gasteiger partial charge in [0.15, 0.2) is 0 Å². The van der Waals surface area contributed by atoms with Gasteiger partial charge in [-0.3, -0.25) is 0 Å². The molecule has 0 N–H and O–H groups in total. The highest BCUT2D eigenvalue weighted by Crippen LogP contribution is 2.61. The van der Waals surface area contributed by atoms with Crippen LogP contribution in [0.1, 0.15) is 95.4 Å². The molecule has 58 heavy (non-hydrogen) atoms. The molecule has 0 atom stereocenters. The number of rotatable bonds is 6. The quantitative estimate of drug-likeness (QED) is 0.163. The molecule has 1 heteroatoms. The number of benzene rings is 7. The fraction of sp³-hybridized carbons (Fsp3) is 0.298. The number of hydrogen-bond acceptors (Lipinski definition) is 1. The Kier molecular flexibility index (Phi) is 8.04. The van der Waals surface area contributed by atoms with Gasteiger partial charge in [0, 0.05) is 22.4 Å². The van der Waals surface area contributed by atoms with Gasteiger partial charge in [-0.15, -0.1) is 0 Å². The maximum atomic E-state index is 2.59. The van der Waals surface area contributed by atoms with Gasteiger partial charge in [-0.1, -0.05) is 150 Å². The summed E-state index contributed by atoms with van der Waals surface area (Å²) in [7, 11) is 0. The van der Waals surface area contributed by atoms with Crippen LogP contribution in [0.3, 0.4) is 0 Å². The van der Waals surface area contributed by atoms with E-state index >= 15 is 0 Å². The molecule has 1 nitrogen and oxygen atoms in total. The van der Waals surface area contributed by atoms with Gasteiger partial charge in [-0.2, -0.15) is 0 Å². The molecular formula is C57H55N. The number of fused-ring (bicyclic) bond motifs is 4. The number of anilines is 3. The molecule has 12 rings (SSSR count). The molecule has 7 aromatic rings. The molecule has 0 radical (unpaired) electrons. The molecule has 288 valence electrons. The predicted octanol–water partition coefficient (Wildman–Crippen LogP) is 15.7. The minimum Gasteiger partial charge on any atom is -0.310 e. The van der Waals surface area contributed by atoms with E-state index < -0.39 is 0 Å². The molecule has 5 aliphatic carbocycles. The molecule has 4 saturated carbocycles. The summed E-state index contributed by atoms with van der Waals surface area (Å²) in [5, 5.41) is 2.52.